The number of para-hydroxylation sites is 1. The second-order valence-corrected chi connectivity index (χ2v) is 6.09. The summed E-state index contributed by atoms with van der Waals surface area (Å²) in [6.07, 6.45) is 3.81. The Bertz CT molecular complexity index is 540. The third-order valence-corrected chi connectivity index (χ3v) is 3.33. The van der Waals surface area contributed by atoms with E-state index in [9.17, 15) is 0 Å². The van der Waals surface area contributed by atoms with E-state index in [-0.39, 0.29) is 5.41 Å². The van der Waals surface area contributed by atoms with E-state index in [0.717, 1.165) is 24.2 Å². The molecule has 1 aromatic carbocycles. The smallest absolute Gasteiger partial charge is 0.0832 e. The molecule has 1 aromatic heterocycles. The number of hydrogen-bond donors (Lipinski definition) is 0. The van der Waals surface area contributed by atoms with Gasteiger partial charge in [0.05, 0.1) is 17.6 Å². The minimum absolute atomic E-state index is 0.0822. The zero-order valence-corrected chi connectivity index (χ0v) is 12.5. The van der Waals surface area contributed by atoms with Gasteiger partial charge in [-0.2, -0.15) is 0 Å². The molecule has 102 valence electrons. The maximum Gasteiger partial charge on any atom is 0.0832 e. The van der Waals surface area contributed by atoms with Crippen molar-refractivity contribution in [3.63, 3.8) is 0 Å². The fraction of sp³-hybridized carbons (Fsp3) is 0.467. The van der Waals surface area contributed by atoms with E-state index in [4.69, 9.17) is 11.6 Å². The largest absolute Gasteiger partial charge is 0.220 e. The number of benzene rings is 1. The molecule has 0 unspecified atom stereocenters. The molecule has 0 spiro atoms. The van der Waals surface area contributed by atoms with Crippen LogP contribution in [0.2, 0.25) is 0 Å². The Balaban J connectivity index is 2.34. The van der Waals surface area contributed by atoms with E-state index < -0.39 is 0 Å². The minimum Gasteiger partial charge on any atom is -0.220 e. The summed E-state index contributed by atoms with van der Waals surface area (Å²) < 4.78 is 1.87. The van der Waals surface area contributed by atoms with Crippen LogP contribution in [0.1, 0.15) is 38.4 Å². The highest BCUT2D eigenvalue weighted by Gasteiger charge is 2.19. The number of halogens is 1. The molecule has 0 saturated heterocycles. The molecule has 2 rings (SSSR count). The van der Waals surface area contributed by atoms with Gasteiger partial charge in [0.15, 0.2) is 0 Å². The average molecular weight is 278 g/mol. The molecule has 0 aliphatic rings. The Morgan fingerprint density at radius 3 is 2.63 bits per heavy atom. The first-order valence-electron chi connectivity index (χ1n) is 6.59. The SMILES string of the molecule is CC(C)(C)c1ccccc1-n1cc(CCCCl)nn1. The summed E-state index contributed by atoms with van der Waals surface area (Å²) in [6, 6.07) is 8.33. The van der Waals surface area contributed by atoms with Crippen LogP contribution in [0.5, 0.6) is 0 Å². The van der Waals surface area contributed by atoms with Crippen molar-refractivity contribution >= 4 is 11.6 Å². The molecule has 4 heteroatoms. The fourth-order valence-electron chi connectivity index (χ4n) is 2.09. The minimum atomic E-state index is 0.0822. The Kier molecular flexibility index (Phi) is 4.25. The zero-order chi connectivity index (χ0) is 13.9. The van der Waals surface area contributed by atoms with Crippen molar-refractivity contribution in [2.75, 3.05) is 5.88 Å². The van der Waals surface area contributed by atoms with E-state index in [2.05, 4.69) is 49.3 Å². The number of rotatable bonds is 4. The van der Waals surface area contributed by atoms with Gasteiger partial charge in [0.1, 0.15) is 0 Å². The second kappa shape index (κ2) is 5.74. The van der Waals surface area contributed by atoms with Crippen LogP contribution in [-0.4, -0.2) is 20.9 Å². The highest BCUT2D eigenvalue weighted by atomic mass is 35.5. The molecule has 0 amide bonds. The molecule has 0 aliphatic carbocycles. The van der Waals surface area contributed by atoms with E-state index >= 15 is 0 Å². The molecule has 19 heavy (non-hydrogen) atoms. The van der Waals surface area contributed by atoms with Gasteiger partial charge in [0.25, 0.3) is 0 Å². The van der Waals surface area contributed by atoms with Crippen LogP contribution >= 0.6 is 11.6 Å². The first-order chi connectivity index (χ1) is 9.02. The molecule has 0 radical (unpaired) electrons. The van der Waals surface area contributed by atoms with E-state index in [1.807, 2.05) is 16.9 Å². The quantitative estimate of drug-likeness (QED) is 0.797. The molecule has 0 saturated carbocycles. The normalized spacial score (nSPS) is 11.8. The molecule has 3 nitrogen and oxygen atoms in total. The van der Waals surface area contributed by atoms with Crippen LogP contribution in [-0.2, 0) is 11.8 Å². The molecule has 0 fully saturated rings. The molecule has 0 N–H and O–H groups in total. The van der Waals surface area contributed by atoms with Crippen molar-refractivity contribution in [2.24, 2.45) is 0 Å². The van der Waals surface area contributed by atoms with Crippen LogP contribution in [0.4, 0.5) is 0 Å². The lowest BCUT2D eigenvalue weighted by Gasteiger charge is -2.22. The maximum absolute atomic E-state index is 5.71. The van der Waals surface area contributed by atoms with Gasteiger partial charge in [-0.3, -0.25) is 0 Å². The van der Waals surface area contributed by atoms with Crippen molar-refractivity contribution in [1.82, 2.24) is 15.0 Å². The summed E-state index contributed by atoms with van der Waals surface area (Å²) >= 11 is 5.71. The Morgan fingerprint density at radius 1 is 1.21 bits per heavy atom. The summed E-state index contributed by atoms with van der Waals surface area (Å²) in [5.74, 6) is 0.658. The van der Waals surface area contributed by atoms with Gasteiger partial charge < -0.3 is 0 Å². The number of alkyl halides is 1. The first-order valence-corrected chi connectivity index (χ1v) is 7.13. The number of hydrogen-bond acceptors (Lipinski definition) is 2. The summed E-state index contributed by atoms with van der Waals surface area (Å²) in [5.41, 5.74) is 3.44. The number of nitrogens with zero attached hydrogens (tertiary/aromatic N) is 3. The molecule has 1 heterocycles. The van der Waals surface area contributed by atoms with E-state index in [0.29, 0.717) is 5.88 Å². The Hall–Kier alpha value is -1.35. The van der Waals surface area contributed by atoms with Crippen LogP contribution in [0.25, 0.3) is 5.69 Å². The topological polar surface area (TPSA) is 30.7 Å². The Morgan fingerprint density at radius 2 is 1.95 bits per heavy atom. The zero-order valence-electron chi connectivity index (χ0n) is 11.7. The molecule has 2 aromatic rings. The molecule has 0 bridgehead atoms. The summed E-state index contributed by atoms with van der Waals surface area (Å²) in [6.45, 7) is 6.62. The predicted molar refractivity (Wildman–Crippen MR) is 79.1 cm³/mol. The average Bonchev–Trinajstić information content (AvgIpc) is 2.84. The molecular formula is C15H20ClN3. The summed E-state index contributed by atoms with van der Waals surface area (Å²) in [7, 11) is 0. The lowest BCUT2D eigenvalue weighted by molar-refractivity contribution is 0.582. The van der Waals surface area contributed by atoms with Crippen molar-refractivity contribution in [2.45, 2.75) is 39.0 Å². The first kappa shape index (κ1) is 14.1. The van der Waals surface area contributed by atoms with E-state index in [1.165, 1.54) is 5.56 Å². The maximum atomic E-state index is 5.71. The van der Waals surface area contributed by atoms with Gasteiger partial charge >= 0.3 is 0 Å². The van der Waals surface area contributed by atoms with Gasteiger partial charge in [-0.05, 0) is 29.9 Å². The van der Waals surface area contributed by atoms with E-state index in [1.54, 1.807) is 0 Å². The number of aromatic nitrogens is 3. The third kappa shape index (κ3) is 3.35. The predicted octanol–water partition coefficient (Wildman–Crippen LogP) is 3.74. The Labute approximate surface area is 119 Å². The molecular weight excluding hydrogens is 258 g/mol. The van der Waals surface area contributed by atoms with Gasteiger partial charge in [-0.1, -0.05) is 44.2 Å². The van der Waals surface area contributed by atoms with Gasteiger partial charge in [-0.25, -0.2) is 4.68 Å². The van der Waals surface area contributed by atoms with Gasteiger partial charge in [0.2, 0.25) is 0 Å². The lowest BCUT2D eigenvalue weighted by atomic mass is 9.86. The monoisotopic (exact) mass is 277 g/mol. The van der Waals surface area contributed by atoms with Crippen LogP contribution < -0.4 is 0 Å². The van der Waals surface area contributed by atoms with Crippen molar-refractivity contribution in [3.05, 3.63) is 41.7 Å². The van der Waals surface area contributed by atoms with Crippen LogP contribution in [0.3, 0.4) is 0 Å². The van der Waals surface area contributed by atoms with Crippen molar-refractivity contribution in [3.8, 4) is 5.69 Å². The second-order valence-electron chi connectivity index (χ2n) is 5.71. The van der Waals surface area contributed by atoms with Crippen molar-refractivity contribution < 1.29 is 0 Å². The standard InChI is InChI=1S/C15H20ClN3/c1-15(2,3)13-8-4-5-9-14(13)19-11-12(17-18-19)7-6-10-16/h4-5,8-9,11H,6-7,10H2,1-3H3. The highest BCUT2D eigenvalue weighted by Crippen LogP contribution is 2.27. The van der Waals surface area contributed by atoms with Crippen LogP contribution in [0.15, 0.2) is 30.5 Å². The van der Waals surface area contributed by atoms with Gasteiger partial charge in [0, 0.05) is 5.88 Å². The van der Waals surface area contributed by atoms with Crippen molar-refractivity contribution in [1.29, 1.82) is 0 Å². The third-order valence-electron chi connectivity index (χ3n) is 3.07. The fourth-order valence-corrected chi connectivity index (χ4v) is 2.22. The number of aryl methyl sites for hydroxylation is 1. The molecule has 0 atom stereocenters. The summed E-state index contributed by atoms with van der Waals surface area (Å²) in [4.78, 5) is 0. The molecule has 0 aliphatic heterocycles. The van der Waals surface area contributed by atoms with Crippen LogP contribution in [0, 0.1) is 0 Å². The lowest BCUT2D eigenvalue weighted by Crippen LogP contribution is -2.15. The highest BCUT2D eigenvalue weighted by molar-refractivity contribution is 6.17. The summed E-state index contributed by atoms with van der Waals surface area (Å²) in [5, 5.41) is 8.44. The van der Waals surface area contributed by atoms with Gasteiger partial charge in [-0.15, -0.1) is 16.7 Å².